The van der Waals surface area contributed by atoms with Crippen LogP contribution in [0.5, 0.6) is 0 Å². The van der Waals surface area contributed by atoms with Gasteiger partial charge >= 0.3 is 0 Å². The van der Waals surface area contributed by atoms with Gasteiger partial charge in [0, 0.05) is 16.2 Å². The molecular formula is C12H19NS. The Bertz CT molecular complexity index is 313. The summed E-state index contributed by atoms with van der Waals surface area (Å²) in [5, 5.41) is 0. The summed E-state index contributed by atoms with van der Waals surface area (Å²) in [7, 11) is 0. The van der Waals surface area contributed by atoms with Crippen LogP contribution < -0.4 is 5.73 Å². The van der Waals surface area contributed by atoms with Gasteiger partial charge in [0.2, 0.25) is 0 Å². The summed E-state index contributed by atoms with van der Waals surface area (Å²) < 4.78 is 0. The van der Waals surface area contributed by atoms with Crippen LogP contribution in [0.3, 0.4) is 0 Å². The summed E-state index contributed by atoms with van der Waals surface area (Å²) in [4.78, 5) is 1.31. The molecule has 0 bridgehead atoms. The topological polar surface area (TPSA) is 26.0 Å². The van der Waals surface area contributed by atoms with Crippen LogP contribution in [-0.2, 0) is 0 Å². The van der Waals surface area contributed by atoms with Crippen LogP contribution in [0, 0.1) is 13.8 Å². The van der Waals surface area contributed by atoms with Gasteiger partial charge in [-0.25, -0.2) is 0 Å². The average Bonchev–Trinajstić information content (AvgIpc) is 2.06. The average molecular weight is 209 g/mol. The second kappa shape index (κ2) is 4.37. The summed E-state index contributed by atoms with van der Waals surface area (Å²) in [6.45, 7) is 8.39. The lowest BCUT2D eigenvalue weighted by atomic mass is 10.1. The largest absolute Gasteiger partial charge is 0.325 e. The molecule has 0 heterocycles. The molecule has 0 saturated carbocycles. The van der Waals surface area contributed by atoms with Crippen LogP contribution >= 0.6 is 11.8 Å². The molecule has 2 N–H and O–H groups in total. The fourth-order valence-corrected chi connectivity index (χ4v) is 2.04. The number of benzene rings is 1. The molecule has 0 amide bonds. The molecule has 0 radical (unpaired) electrons. The predicted octanol–water partition coefficient (Wildman–Crippen LogP) is 3.13. The van der Waals surface area contributed by atoms with E-state index in [1.54, 1.807) is 0 Å². The van der Waals surface area contributed by atoms with E-state index in [1.807, 2.05) is 11.8 Å². The molecule has 0 fully saturated rings. The van der Waals surface area contributed by atoms with E-state index < -0.39 is 0 Å². The first kappa shape index (κ1) is 11.6. The maximum Gasteiger partial charge on any atom is 0.0192 e. The zero-order chi connectivity index (χ0) is 10.8. The molecule has 1 rings (SSSR count). The number of hydrogen-bond acceptors (Lipinski definition) is 2. The summed E-state index contributed by atoms with van der Waals surface area (Å²) in [5.41, 5.74) is 8.54. The maximum atomic E-state index is 5.93. The normalized spacial score (nSPS) is 11.8. The predicted molar refractivity (Wildman–Crippen MR) is 64.9 cm³/mol. The smallest absolute Gasteiger partial charge is 0.0192 e. The van der Waals surface area contributed by atoms with Crippen molar-refractivity contribution in [3.63, 3.8) is 0 Å². The van der Waals surface area contributed by atoms with Crippen molar-refractivity contribution in [2.24, 2.45) is 5.73 Å². The number of hydrogen-bond donors (Lipinski definition) is 1. The SMILES string of the molecule is Cc1ccc(SCC(C)(C)N)cc1C. The second-order valence-electron chi connectivity index (χ2n) is 4.52. The highest BCUT2D eigenvalue weighted by Gasteiger charge is 2.10. The molecular weight excluding hydrogens is 190 g/mol. The fourth-order valence-electron chi connectivity index (χ4n) is 1.07. The van der Waals surface area contributed by atoms with Crippen molar-refractivity contribution in [3.8, 4) is 0 Å². The maximum absolute atomic E-state index is 5.93. The summed E-state index contributed by atoms with van der Waals surface area (Å²) in [6, 6.07) is 6.56. The Labute approximate surface area is 91.1 Å². The molecule has 2 heteroatoms. The molecule has 1 nitrogen and oxygen atoms in total. The van der Waals surface area contributed by atoms with E-state index >= 15 is 0 Å². The Morgan fingerprint density at radius 2 is 1.86 bits per heavy atom. The summed E-state index contributed by atoms with van der Waals surface area (Å²) in [6.07, 6.45) is 0. The zero-order valence-corrected chi connectivity index (χ0v) is 10.2. The Morgan fingerprint density at radius 3 is 2.36 bits per heavy atom. The third-order valence-corrected chi connectivity index (χ3v) is 3.56. The van der Waals surface area contributed by atoms with Gasteiger partial charge in [-0.05, 0) is 51.0 Å². The Balaban J connectivity index is 2.65. The molecule has 0 spiro atoms. The lowest BCUT2D eigenvalue weighted by Gasteiger charge is -2.17. The van der Waals surface area contributed by atoms with Crippen molar-refractivity contribution in [2.45, 2.75) is 38.1 Å². The standard InChI is InChI=1S/C12H19NS/c1-9-5-6-11(7-10(9)2)14-8-12(3,4)13/h5-7H,8,13H2,1-4H3. The third-order valence-electron chi connectivity index (χ3n) is 2.09. The van der Waals surface area contributed by atoms with E-state index in [0.29, 0.717) is 0 Å². The number of aryl methyl sites for hydroxylation is 2. The summed E-state index contributed by atoms with van der Waals surface area (Å²) >= 11 is 1.83. The van der Waals surface area contributed by atoms with Gasteiger partial charge in [-0.2, -0.15) is 0 Å². The van der Waals surface area contributed by atoms with E-state index in [1.165, 1.54) is 16.0 Å². The molecule has 1 aromatic rings. The minimum Gasteiger partial charge on any atom is -0.325 e. The van der Waals surface area contributed by atoms with Crippen LogP contribution in [0.4, 0.5) is 0 Å². The van der Waals surface area contributed by atoms with E-state index in [0.717, 1.165) is 5.75 Å². The molecule has 0 saturated heterocycles. The minimum absolute atomic E-state index is 0.0938. The van der Waals surface area contributed by atoms with E-state index in [-0.39, 0.29) is 5.54 Å². The lowest BCUT2D eigenvalue weighted by molar-refractivity contribution is 0.591. The first-order valence-electron chi connectivity index (χ1n) is 4.87. The second-order valence-corrected chi connectivity index (χ2v) is 5.57. The van der Waals surface area contributed by atoms with Crippen LogP contribution in [0.25, 0.3) is 0 Å². The monoisotopic (exact) mass is 209 g/mol. The molecule has 0 aliphatic rings. The van der Waals surface area contributed by atoms with Crippen LogP contribution in [0.1, 0.15) is 25.0 Å². The minimum atomic E-state index is -0.0938. The molecule has 78 valence electrons. The van der Waals surface area contributed by atoms with Gasteiger partial charge in [-0.3, -0.25) is 0 Å². The van der Waals surface area contributed by atoms with Gasteiger partial charge in [0.1, 0.15) is 0 Å². The van der Waals surface area contributed by atoms with E-state index in [2.05, 4.69) is 45.9 Å². The van der Waals surface area contributed by atoms with Gasteiger partial charge in [-0.15, -0.1) is 11.8 Å². The van der Waals surface area contributed by atoms with Gasteiger partial charge in [0.15, 0.2) is 0 Å². The fraction of sp³-hybridized carbons (Fsp3) is 0.500. The Kier molecular flexibility index (Phi) is 3.62. The van der Waals surface area contributed by atoms with Crippen LogP contribution in [0.2, 0.25) is 0 Å². The van der Waals surface area contributed by atoms with Crippen LogP contribution in [0.15, 0.2) is 23.1 Å². The quantitative estimate of drug-likeness (QED) is 0.774. The first-order chi connectivity index (χ1) is 6.38. The van der Waals surface area contributed by atoms with Crippen molar-refractivity contribution in [3.05, 3.63) is 29.3 Å². The highest BCUT2D eigenvalue weighted by atomic mass is 32.2. The summed E-state index contributed by atoms with van der Waals surface area (Å²) in [5.74, 6) is 0.954. The number of rotatable bonds is 3. The highest BCUT2D eigenvalue weighted by Crippen LogP contribution is 2.23. The molecule has 1 aromatic carbocycles. The molecule has 0 aliphatic carbocycles. The van der Waals surface area contributed by atoms with Crippen molar-refractivity contribution in [2.75, 3.05) is 5.75 Å². The van der Waals surface area contributed by atoms with Crippen molar-refractivity contribution < 1.29 is 0 Å². The van der Waals surface area contributed by atoms with E-state index in [9.17, 15) is 0 Å². The third kappa shape index (κ3) is 3.72. The van der Waals surface area contributed by atoms with Gasteiger partial charge in [-0.1, -0.05) is 6.07 Å². The first-order valence-corrected chi connectivity index (χ1v) is 5.86. The van der Waals surface area contributed by atoms with E-state index in [4.69, 9.17) is 5.73 Å². The molecule has 14 heavy (non-hydrogen) atoms. The molecule has 0 aromatic heterocycles. The molecule has 0 aliphatic heterocycles. The van der Waals surface area contributed by atoms with Gasteiger partial charge < -0.3 is 5.73 Å². The van der Waals surface area contributed by atoms with Crippen molar-refractivity contribution in [1.82, 2.24) is 0 Å². The van der Waals surface area contributed by atoms with Crippen LogP contribution in [-0.4, -0.2) is 11.3 Å². The number of thioether (sulfide) groups is 1. The molecule has 0 unspecified atom stereocenters. The Morgan fingerprint density at radius 1 is 1.21 bits per heavy atom. The zero-order valence-electron chi connectivity index (χ0n) is 9.42. The lowest BCUT2D eigenvalue weighted by Crippen LogP contribution is -2.34. The van der Waals surface area contributed by atoms with Crippen molar-refractivity contribution in [1.29, 1.82) is 0 Å². The van der Waals surface area contributed by atoms with Crippen molar-refractivity contribution >= 4 is 11.8 Å². The Hall–Kier alpha value is -0.470. The van der Waals surface area contributed by atoms with Gasteiger partial charge in [0.05, 0.1) is 0 Å². The molecule has 0 atom stereocenters. The highest BCUT2D eigenvalue weighted by molar-refractivity contribution is 7.99. The van der Waals surface area contributed by atoms with Gasteiger partial charge in [0.25, 0.3) is 0 Å². The number of nitrogens with two attached hydrogens (primary N) is 1.